The maximum atomic E-state index is 6.91. The van der Waals surface area contributed by atoms with E-state index in [1.54, 1.807) is 0 Å². The zero-order valence-corrected chi connectivity index (χ0v) is 27.7. The number of furan rings is 1. The van der Waals surface area contributed by atoms with Gasteiger partial charge in [-0.2, -0.15) is 0 Å². The SMILES string of the molecule is CC1(c2cccc3c2oc2cc(C(C#Cc4ccc5c(c4)sc4ccccc45)c4ccccc4)ccc23)c2ccccc2-c2ccccc21. The third kappa shape index (κ3) is 4.26. The largest absolute Gasteiger partial charge is 0.456 e. The summed E-state index contributed by atoms with van der Waals surface area (Å²) in [5, 5.41) is 4.86. The molecule has 0 aliphatic heterocycles. The van der Waals surface area contributed by atoms with Gasteiger partial charge in [-0.15, -0.1) is 11.3 Å². The Labute approximate surface area is 289 Å². The van der Waals surface area contributed by atoms with Crippen LogP contribution >= 0.6 is 11.3 Å². The first-order chi connectivity index (χ1) is 24.2. The Morgan fingerprint density at radius 1 is 0.531 bits per heavy atom. The minimum atomic E-state index is -0.336. The second-order valence-corrected chi connectivity index (χ2v) is 14.3. The summed E-state index contributed by atoms with van der Waals surface area (Å²) in [5.41, 5.74) is 11.2. The standard InChI is InChI=1S/C47H30OS/c1-47(40-18-8-5-14-34(40)35-15-6-9-19-41(35)47)42-20-11-17-39-36-27-24-32(29-43(36)48-46(39)42)33(31-12-3-2-4-13-31)25-22-30-23-26-38-37-16-7-10-21-44(37)49-45(38)28-30/h2-21,23-24,26-29,33H,1H3. The fourth-order valence-corrected chi connectivity index (χ4v) is 9.24. The van der Waals surface area contributed by atoms with E-state index in [4.69, 9.17) is 4.42 Å². The molecule has 2 heteroatoms. The minimum Gasteiger partial charge on any atom is -0.456 e. The van der Waals surface area contributed by atoms with E-state index in [0.29, 0.717) is 0 Å². The van der Waals surface area contributed by atoms with Gasteiger partial charge in [-0.25, -0.2) is 0 Å². The average Bonchev–Trinajstić information content (AvgIpc) is 3.80. The van der Waals surface area contributed by atoms with Crippen molar-refractivity contribution in [1.29, 1.82) is 0 Å². The molecule has 0 amide bonds. The Hall–Kier alpha value is -5.88. The number of thiophene rings is 1. The molecule has 49 heavy (non-hydrogen) atoms. The van der Waals surface area contributed by atoms with Gasteiger partial charge in [0.15, 0.2) is 0 Å². The van der Waals surface area contributed by atoms with Crippen LogP contribution in [-0.2, 0) is 5.41 Å². The van der Waals surface area contributed by atoms with E-state index in [9.17, 15) is 0 Å². The van der Waals surface area contributed by atoms with Gasteiger partial charge in [-0.1, -0.05) is 145 Å². The van der Waals surface area contributed by atoms with Gasteiger partial charge in [0.05, 0.1) is 5.92 Å². The molecule has 0 spiro atoms. The molecule has 9 aromatic rings. The number of benzene rings is 7. The Morgan fingerprint density at radius 3 is 2.00 bits per heavy atom. The summed E-state index contributed by atoms with van der Waals surface area (Å²) < 4.78 is 9.49. The van der Waals surface area contributed by atoms with Crippen LogP contribution in [0.15, 0.2) is 162 Å². The predicted molar refractivity (Wildman–Crippen MR) is 206 cm³/mol. The topological polar surface area (TPSA) is 13.1 Å². The van der Waals surface area contributed by atoms with Crippen molar-refractivity contribution < 1.29 is 4.42 Å². The monoisotopic (exact) mass is 642 g/mol. The van der Waals surface area contributed by atoms with Crippen molar-refractivity contribution in [3.8, 4) is 23.0 Å². The second-order valence-electron chi connectivity index (χ2n) is 13.2. The number of hydrogen-bond donors (Lipinski definition) is 0. The third-order valence-electron chi connectivity index (χ3n) is 10.5. The highest BCUT2D eigenvalue weighted by atomic mass is 32.1. The van der Waals surface area contributed by atoms with Gasteiger partial charge in [0.2, 0.25) is 0 Å². The number of rotatable bonds is 3. The Bertz CT molecular complexity index is 2760. The molecule has 0 saturated carbocycles. The fourth-order valence-electron chi connectivity index (χ4n) is 8.10. The van der Waals surface area contributed by atoms with Crippen LogP contribution in [0.2, 0.25) is 0 Å². The smallest absolute Gasteiger partial charge is 0.139 e. The van der Waals surface area contributed by atoms with E-state index in [1.165, 1.54) is 53.6 Å². The summed E-state index contributed by atoms with van der Waals surface area (Å²) in [5.74, 6) is 7.10. The molecular formula is C47H30OS. The molecule has 1 unspecified atom stereocenters. The summed E-state index contributed by atoms with van der Waals surface area (Å²) in [6.07, 6.45) is 0. The fraction of sp³-hybridized carbons (Fsp3) is 0.0638. The second kappa shape index (κ2) is 10.8. The van der Waals surface area contributed by atoms with Gasteiger partial charge < -0.3 is 4.42 Å². The van der Waals surface area contributed by atoms with Crippen molar-refractivity contribution in [3.63, 3.8) is 0 Å². The lowest BCUT2D eigenvalue weighted by atomic mass is 9.74. The quantitative estimate of drug-likeness (QED) is 0.175. The lowest BCUT2D eigenvalue weighted by Gasteiger charge is -2.28. The van der Waals surface area contributed by atoms with Crippen LogP contribution < -0.4 is 0 Å². The van der Waals surface area contributed by atoms with Crippen molar-refractivity contribution >= 4 is 53.4 Å². The van der Waals surface area contributed by atoms with Gasteiger partial charge in [0.25, 0.3) is 0 Å². The van der Waals surface area contributed by atoms with Crippen molar-refractivity contribution in [1.82, 2.24) is 0 Å². The van der Waals surface area contributed by atoms with Crippen LogP contribution in [-0.4, -0.2) is 0 Å². The lowest BCUT2D eigenvalue weighted by Crippen LogP contribution is -2.22. The third-order valence-corrected chi connectivity index (χ3v) is 11.6. The Morgan fingerprint density at radius 2 is 1.18 bits per heavy atom. The van der Waals surface area contributed by atoms with Crippen molar-refractivity contribution in [2.45, 2.75) is 18.3 Å². The lowest BCUT2D eigenvalue weighted by molar-refractivity contribution is 0.637. The molecule has 10 rings (SSSR count). The van der Waals surface area contributed by atoms with Crippen molar-refractivity contribution in [2.24, 2.45) is 0 Å². The van der Waals surface area contributed by atoms with Crippen LogP contribution in [0.5, 0.6) is 0 Å². The van der Waals surface area contributed by atoms with Gasteiger partial charge in [0.1, 0.15) is 11.2 Å². The zero-order valence-electron chi connectivity index (χ0n) is 26.9. The zero-order chi connectivity index (χ0) is 32.5. The van der Waals surface area contributed by atoms with Crippen LogP contribution in [0, 0.1) is 11.8 Å². The first-order valence-electron chi connectivity index (χ1n) is 16.8. The van der Waals surface area contributed by atoms with Gasteiger partial charge >= 0.3 is 0 Å². The molecule has 1 nitrogen and oxygen atoms in total. The summed E-state index contributed by atoms with van der Waals surface area (Å²) >= 11 is 1.83. The molecule has 0 bridgehead atoms. The van der Waals surface area contributed by atoms with Gasteiger partial charge in [-0.05, 0) is 64.6 Å². The molecule has 230 valence electrons. The summed E-state index contributed by atoms with van der Waals surface area (Å²) in [6.45, 7) is 2.35. The Kier molecular flexibility index (Phi) is 6.22. The highest BCUT2D eigenvalue weighted by Gasteiger charge is 2.42. The minimum absolute atomic E-state index is 0.109. The number of para-hydroxylation sites is 1. The number of hydrogen-bond acceptors (Lipinski definition) is 2. The van der Waals surface area contributed by atoms with Gasteiger partial charge in [-0.3, -0.25) is 0 Å². The molecule has 1 atom stereocenters. The van der Waals surface area contributed by atoms with E-state index in [1.807, 2.05) is 11.3 Å². The summed E-state index contributed by atoms with van der Waals surface area (Å²) in [6, 6.07) is 56.7. The van der Waals surface area contributed by atoms with E-state index < -0.39 is 0 Å². The average molecular weight is 643 g/mol. The molecule has 0 N–H and O–H groups in total. The first kappa shape index (κ1) is 28.2. The molecule has 1 aliphatic rings. The normalized spacial score (nSPS) is 13.7. The van der Waals surface area contributed by atoms with E-state index >= 15 is 0 Å². The highest BCUT2D eigenvalue weighted by Crippen LogP contribution is 2.54. The summed E-state index contributed by atoms with van der Waals surface area (Å²) in [4.78, 5) is 0. The molecule has 2 aromatic heterocycles. The molecule has 0 saturated heterocycles. The number of fused-ring (bicyclic) bond motifs is 9. The maximum Gasteiger partial charge on any atom is 0.139 e. The molecule has 7 aromatic carbocycles. The van der Waals surface area contributed by atoms with E-state index in [-0.39, 0.29) is 11.3 Å². The predicted octanol–water partition coefficient (Wildman–Crippen LogP) is 12.5. The van der Waals surface area contributed by atoms with E-state index in [2.05, 4.69) is 176 Å². The first-order valence-corrected chi connectivity index (χ1v) is 17.6. The molecule has 2 heterocycles. The van der Waals surface area contributed by atoms with Crippen LogP contribution in [0.1, 0.15) is 46.2 Å². The van der Waals surface area contributed by atoms with Crippen LogP contribution in [0.3, 0.4) is 0 Å². The van der Waals surface area contributed by atoms with Crippen molar-refractivity contribution in [3.05, 3.63) is 191 Å². The van der Waals surface area contributed by atoms with Gasteiger partial charge in [0, 0.05) is 47.5 Å². The molecule has 1 aliphatic carbocycles. The highest BCUT2D eigenvalue weighted by molar-refractivity contribution is 7.25. The van der Waals surface area contributed by atoms with Crippen LogP contribution in [0.4, 0.5) is 0 Å². The molecular weight excluding hydrogens is 613 g/mol. The van der Waals surface area contributed by atoms with E-state index in [0.717, 1.165) is 33.1 Å². The molecule has 0 radical (unpaired) electrons. The summed E-state index contributed by atoms with van der Waals surface area (Å²) in [7, 11) is 0. The molecule has 0 fully saturated rings. The van der Waals surface area contributed by atoms with Crippen LogP contribution in [0.25, 0.3) is 53.2 Å². The Balaban J connectivity index is 1.11. The van der Waals surface area contributed by atoms with Crippen molar-refractivity contribution in [2.75, 3.05) is 0 Å². The maximum absolute atomic E-state index is 6.91.